The molecule has 1 aromatic carbocycles. The maximum Gasteiger partial charge on any atom is 0.132 e. The number of hydrogen-bond donors (Lipinski definition) is 0. The molecule has 1 aliphatic rings. The second-order valence-corrected chi connectivity index (χ2v) is 6.36. The van der Waals surface area contributed by atoms with Crippen LogP contribution in [0, 0.1) is 5.92 Å². The van der Waals surface area contributed by atoms with Crippen molar-refractivity contribution in [1.29, 1.82) is 0 Å². The Morgan fingerprint density at radius 3 is 2.25 bits per heavy atom. The van der Waals surface area contributed by atoms with Gasteiger partial charge in [0.1, 0.15) is 5.78 Å². The Bertz CT molecular complexity index is 410. The number of carbonyl (C=O) groups is 1. The quantitative estimate of drug-likeness (QED) is 0.644. The van der Waals surface area contributed by atoms with Gasteiger partial charge in [-0.2, -0.15) is 0 Å². The third kappa shape index (κ3) is 4.19. The van der Waals surface area contributed by atoms with Crippen LogP contribution in [0.25, 0.3) is 0 Å². The summed E-state index contributed by atoms with van der Waals surface area (Å²) in [4.78, 5) is 11.4. The number of aryl methyl sites for hydroxylation is 1. The van der Waals surface area contributed by atoms with Crippen molar-refractivity contribution < 1.29 is 4.79 Å². The Balaban J connectivity index is 1.86. The van der Waals surface area contributed by atoms with E-state index in [2.05, 4.69) is 31.2 Å². The Morgan fingerprint density at radius 2 is 1.70 bits per heavy atom. The summed E-state index contributed by atoms with van der Waals surface area (Å²) in [6.07, 6.45) is 9.66. The lowest BCUT2D eigenvalue weighted by Crippen LogP contribution is -2.18. The van der Waals surface area contributed by atoms with Crippen LogP contribution in [0.2, 0.25) is 0 Å². The van der Waals surface area contributed by atoms with Crippen molar-refractivity contribution in [1.82, 2.24) is 0 Å². The topological polar surface area (TPSA) is 17.1 Å². The molecule has 2 rings (SSSR count). The summed E-state index contributed by atoms with van der Waals surface area (Å²) in [5, 5.41) is 0. The Morgan fingerprint density at radius 1 is 1.05 bits per heavy atom. The SMILES string of the molecule is CCCCCc1ccc([C@H]2CC[C@H](C(C)=O)CC2)cc1. The standard InChI is InChI=1S/C19H28O/c1-3-4-5-6-16-7-9-18(10-8-16)19-13-11-17(12-14-19)15(2)20/h7-10,17,19H,3-6,11-14H2,1-2H3/t17-,19-. The molecule has 1 heteroatoms. The van der Waals surface area contributed by atoms with Gasteiger partial charge in [0, 0.05) is 5.92 Å². The highest BCUT2D eigenvalue weighted by atomic mass is 16.1. The molecule has 0 unspecified atom stereocenters. The van der Waals surface area contributed by atoms with Gasteiger partial charge in [-0.15, -0.1) is 0 Å². The summed E-state index contributed by atoms with van der Waals surface area (Å²) in [5.41, 5.74) is 2.95. The number of Topliss-reactive ketones (excluding diaryl/α,β-unsaturated/α-hetero) is 1. The van der Waals surface area contributed by atoms with Gasteiger partial charge in [0.15, 0.2) is 0 Å². The molecule has 0 spiro atoms. The normalized spacial score (nSPS) is 22.7. The number of rotatable bonds is 6. The van der Waals surface area contributed by atoms with Crippen LogP contribution in [0.3, 0.4) is 0 Å². The van der Waals surface area contributed by atoms with Crippen molar-refractivity contribution in [3.05, 3.63) is 35.4 Å². The summed E-state index contributed by atoms with van der Waals surface area (Å²) < 4.78 is 0. The first kappa shape index (κ1) is 15.3. The monoisotopic (exact) mass is 272 g/mol. The number of carbonyl (C=O) groups excluding carboxylic acids is 1. The molecular formula is C19H28O. The zero-order valence-corrected chi connectivity index (χ0v) is 13.0. The zero-order chi connectivity index (χ0) is 14.4. The minimum Gasteiger partial charge on any atom is -0.300 e. The first-order valence-corrected chi connectivity index (χ1v) is 8.30. The van der Waals surface area contributed by atoms with Crippen molar-refractivity contribution in [2.24, 2.45) is 5.92 Å². The predicted molar refractivity (Wildman–Crippen MR) is 85.1 cm³/mol. The Hall–Kier alpha value is -1.11. The summed E-state index contributed by atoms with van der Waals surface area (Å²) in [7, 11) is 0. The highest BCUT2D eigenvalue weighted by Gasteiger charge is 2.24. The first-order valence-electron chi connectivity index (χ1n) is 8.30. The van der Waals surface area contributed by atoms with Crippen LogP contribution in [0.4, 0.5) is 0 Å². The molecule has 110 valence electrons. The first-order chi connectivity index (χ1) is 9.70. The predicted octanol–water partition coefficient (Wildman–Crippen LogP) is 5.28. The lowest BCUT2D eigenvalue weighted by Gasteiger charge is -2.27. The second kappa shape index (κ2) is 7.61. The van der Waals surface area contributed by atoms with E-state index in [0.717, 1.165) is 12.8 Å². The molecule has 0 amide bonds. The van der Waals surface area contributed by atoms with Crippen molar-refractivity contribution in [3.63, 3.8) is 0 Å². The molecule has 1 fully saturated rings. The minimum absolute atomic E-state index is 0.333. The molecule has 0 aromatic heterocycles. The van der Waals surface area contributed by atoms with Crippen LogP contribution in [-0.4, -0.2) is 5.78 Å². The number of hydrogen-bond acceptors (Lipinski definition) is 1. The maximum absolute atomic E-state index is 11.4. The molecule has 0 N–H and O–H groups in total. The molecule has 0 bridgehead atoms. The molecule has 1 saturated carbocycles. The van der Waals surface area contributed by atoms with E-state index >= 15 is 0 Å². The van der Waals surface area contributed by atoms with Gasteiger partial charge in [-0.3, -0.25) is 4.79 Å². The van der Waals surface area contributed by atoms with E-state index in [1.165, 1.54) is 49.7 Å². The minimum atomic E-state index is 0.333. The van der Waals surface area contributed by atoms with Crippen LogP contribution < -0.4 is 0 Å². The van der Waals surface area contributed by atoms with Crippen molar-refractivity contribution in [2.45, 2.75) is 71.1 Å². The fourth-order valence-electron chi connectivity index (χ4n) is 3.37. The van der Waals surface area contributed by atoms with Crippen LogP contribution >= 0.6 is 0 Å². The number of benzene rings is 1. The van der Waals surface area contributed by atoms with Gasteiger partial charge in [0.25, 0.3) is 0 Å². The highest BCUT2D eigenvalue weighted by Crippen LogP contribution is 2.36. The van der Waals surface area contributed by atoms with Crippen molar-refractivity contribution in [2.75, 3.05) is 0 Å². The van der Waals surface area contributed by atoms with Gasteiger partial charge in [0.2, 0.25) is 0 Å². The lowest BCUT2D eigenvalue weighted by molar-refractivity contribution is -0.121. The van der Waals surface area contributed by atoms with Crippen molar-refractivity contribution >= 4 is 5.78 Å². The molecule has 1 aliphatic carbocycles. The zero-order valence-electron chi connectivity index (χ0n) is 13.0. The van der Waals surface area contributed by atoms with Crippen LogP contribution in [0.1, 0.15) is 75.8 Å². The summed E-state index contributed by atoms with van der Waals surface area (Å²) in [6.45, 7) is 4.00. The van der Waals surface area contributed by atoms with E-state index in [4.69, 9.17) is 0 Å². The van der Waals surface area contributed by atoms with E-state index in [-0.39, 0.29) is 0 Å². The molecule has 0 saturated heterocycles. The molecule has 0 heterocycles. The number of unbranched alkanes of at least 4 members (excludes halogenated alkanes) is 2. The van der Waals surface area contributed by atoms with E-state index in [1.54, 1.807) is 6.92 Å². The average Bonchev–Trinajstić information content (AvgIpc) is 2.48. The van der Waals surface area contributed by atoms with Crippen molar-refractivity contribution in [3.8, 4) is 0 Å². The van der Waals surface area contributed by atoms with Gasteiger partial charge in [-0.25, -0.2) is 0 Å². The van der Waals surface area contributed by atoms with E-state index in [9.17, 15) is 4.79 Å². The average molecular weight is 272 g/mol. The van der Waals surface area contributed by atoms with Gasteiger partial charge in [-0.1, -0.05) is 44.0 Å². The third-order valence-corrected chi connectivity index (χ3v) is 4.82. The van der Waals surface area contributed by atoms with E-state index < -0.39 is 0 Å². The largest absolute Gasteiger partial charge is 0.300 e. The maximum atomic E-state index is 11.4. The number of ketones is 1. The lowest BCUT2D eigenvalue weighted by atomic mass is 9.77. The smallest absolute Gasteiger partial charge is 0.132 e. The summed E-state index contributed by atoms with van der Waals surface area (Å²) in [6, 6.07) is 9.25. The summed E-state index contributed by atoms with van der Waals surface area (Å²) in [5.74, 6) is 1.39. The van der Waals surface area contributed by atoms with Gasteiger partial charge in [-0.05, 0) is 62.5 Å². The van der Waals surface area contributed by atoms with E-state index in [1.807, 2.05) is 0 Å². The van der Waals surface area contributed by atoms with Crippen LogP contribution in [0.5, 0.6) is 0 Å². The molecule has 20 heavy (non-hydrogen) atoms. The van der Waals surface area contributed by atoms with Gasteiger partial charge in [0.05, 0.1) is 0 Å². The molecule has 0 radical (unpaired) electrons. The molecule has 0 aliphatic heterocycles. The van der Waals surface area contributed by atoms with Gasteiger partial charge < -0.3 is 0 Å². The van der Waals surface area contributed by atoms with Crippen LogP contribution in [-0.2, 0) is 11.2 Å². The molecule has 1 aromatic rings. The fraction of sp³-hybridized carbons (Fsp3) is 0.632. The second-order valence-electron chi connectivity index (χ2n) is 6.36. The van der Waals surface area contributed by atoms with Gasteiger partial charge >= 0.3 is 0 Å². The summed E-state index contributed by atoms with van der Waals surface area (Å²) >= 11 is 0. The fourth-order valence-corrected chi connectivity index (χ4v) is 3.37. The Kier molecular flexibility index (Phi) is 5.82. The third-order valence-electron chi connectivity index (χ3n) is 4.82. The van der Waals surface area contributed by atoms with Crippen LogP contribution in [0.15, 0.2) is 24.3 Å². The highest BCUT2D eigenvalue weighted by molar-refractivity contribution is 5.78. The van der Waals surface area contributed by atoms with E-state index in [0.29, 0.717) is 17.6 Å². The molecule has 1 nitrogen and oxygen atoms in total. The molecular weight excluding hydrogens is 244 g/mol. The molecule has 0 atom stereocenters. The Labute approximate surface area is 123 Å².